The average Bonchev–Trinajstić information content (AvgIpc) is 2.68. The molecule has 0 amide bonds. The Balaban J connectivity index is 2.37. The topological polar surface area (TPSA) is 55.8 Å². The normalized spacial score (nSPS) is 13.1. The van der Waals surface area contributed by atoms with Crippen LogP contribution >= 0.6 is 0 Å². The van der Waals surface area contributed by atoms with Crippen molar-refractivity contribution < 1.29 is 58.9 Å². The zero-order valence-corrected chi connectivity index (χ0v) is 16.3. The van der Waals surface area contributed by atoms with Crippen molar-refractivity contribution in [3.05, 3.63) is 64.2 Å². The van der Waals surface area contributed by atoms with Crippen molar-refractivity contribution in [1.29, 1.82) is 0 Å². The first-order valence-corrected chi connectivity index (χ1v) is 8.64. The van der Waals surface area contributed by atoms with Crippen LogP contribution in [0.4, 0.5) is 39.5 Å². The summed E-state index contributed by atoms with van der Waals surface area (Å²) in [5, 5.41) is 8.72. The third kappa shape index (κ3) is 6.56. The first-order chi connectivity index (χ1) is 15.0. The molecule has 4 nitrogen and oxygen atoms in total. The molecule has 0 bridgehead atoms. The largest absolute Gasteiger partial charge is 0.493 e. The number of carbonyl (C=O) groups is 1. The van der Waals surface area contributed by atoms with Gasteiger partial charge in [-0.2, -0.15) is 39.5 Å². The Hall–Kier alpha value is -3.38. The van der Waals surface area contributed by atoms with Gasteiger partial charge < -0.3 is 14.6 Å². The molecule has 0 atom stereocenters. The quantitative estimate of drug-likeness (QED) is 0.381. The highest BCUT2D eigenvalue weighted by Crippen LogP contribution is 2.38. The Morgan fingerprint density at radius 1 is 0.909 bits per heavy atom. The monoisotopic (exact) mass is 488 g/mol. The van der Waals surface area contributed by atoms with Gasteiger partial charge in [-0.15, -0.1) is 0 Å². The van der Waals surface area contributed by atoms with Gasteiger partial charge in [-0.05, 0) is 35.9 Å². The number of benzene rings is 2. The number of halogens is 9. The van der Waals surface area contributed by atoms with E-state index in [0.29, 0.717) is 18.2 Å². The number of alkyl halides is 9. The van der Waals surface area contributed by atoms with Gasteiger partial charge >= 0.3 is 24.5 Å². The fourth-order valence-corrected chi connectivity index (χ4v) is 2.62. The Kier molecular flexibility index (Phi) is 7.24. The first kappa shape index (κ1) is 25.9. The summed E-state index contributed by atoms with van der Waals surface area (Å²) < 4.78 is 126. The summed E-state index contributed by atoms with van der Waals surface area (Å²) in [6.45, 7) is -0.846. The second-order valence-corrected chi connectivity index (χ2v) is 6.43. The van der Waals surface area contributed by atoms with Gasteiger partial charge in [-0.1, -0.05) is 12.1 Å². The fraction of sp³-hybridized carbons (Fsp3) is 0.250. The van der Waals surface area contributed by atoms with E-state index >= 15 is 0 Å². The molecule has 2 aromatic rings. The van der Waals surface area contributed by atoms with E-state index in [0.717, 1.165) is 25.3 Å². The van der Waals surface area contributed by atoms with Gasteiger partial charge in [0, 0.05) is 5.56 Å². The molecule has 0 radical (unpaired) electrons. The van der Waals surface area contributed by atoms with Crippen LogP contribution in [-0.2, 0) is 23.8 Å². The van der Waals surface area contributed by atoms with Crippen LogP contribution in [0.1, 0.15) is 22.3 Å². The van der Waals surface area contributed by atoms with Gasteiger partial charge in [0.2, 0.25) is 0 Å². The van der Waals surface area contributed by atoms with E-state index in [1.165, 1.54) is 0 Å². The van der Waals surface area contributed by atoms with E-state index < -0.39 is 53.4 Å². The van der Waals surface area contributed by atoms with Crippen LogP contribution < -0.4 is 9.47 Å². The molecule has 0 aliphatic rings. The molecule has 2 rings (SSSR count). The first-order valence-electron chi connectivity index (χ1n) is 8.64. The molecular formula is C20H13F9O4. The Morgan fingerprint density at radius 2 is 1.55 bits per heavy atom. The minimum absolute atomic E-state index is 0.0611. The molecular weight excluding hydrogens is 475 g/mol. The molecule has 0 spiro atoms. The molecule has 33 heavy (non-hydrogen) atoms. The highest BCUT2D eigenvalue weighted by Gasteiger charge is 2.39. The van der Waals surface area contributed by atoms with Gasteiger partial charge in [0.1, 0.15) is 12.2 Å². The van der Waals surface area contributed by atoms with Crippen molar-refractivity contribution in [2.75, 3.05) is 7.11 Å². The zero-order chi connectivity index (χ0) is 25.2. The Bertz CT molecular complexity index is 1050. The number of methoxy groups -OCH3 is 1. The highest BCUT2D eigenvalue weighted by molar-refractivity contribution is 5.93. The standard InChI is InChI=1S/C20H13F9O4/c1-32-16-7-10(6-14(17(30)31)20(27,28)29)2-5-15(16)33-9-11-3-4-12(18(21,22)23)8-13(11)19(24,25)26/h2-8H,9H2,1H3,(H,30,31). The van der Waals surface area contributed by atoms with Crippen LogP contribution in [0, 0.1) is 0 Å². The molecule has 1 N–H and O–H groups in total. The molecule has 0 fully saturated rings. The van der Waals surface area contributed by atoms with Crippen LogP contribution in [0.5, 0.6) is 11.5 Å². The number of carboxylic acids is 1. The van der Waals surface area contributed by atoms with Crippen LogP contribution in [0.2, 0.25) is 0 Å². The molecule has 0 aliphatic heterocycles. The van der Waals surface area contributed by atoms with Gasteiger partial charge in [0.15, 0.2) is 11.5 Å². The molecule has 13 heteroatoms. The predicted molar refractivity (Wildman–Crippen MR) is 95.4 cm³/mol. The number of rotatable bonds is 6. The highest BCUT2D eigenvalue weighted by atomic mass is 19.4. The summed E-state index contributed by atoms with van der Waals surface area (Å²) in [4.78, 5) is 10.8. The molecule has 0 aromatic heterocycles. The van der Waals surface area contributed by atoms with E-state index in [-0.39, 0.29) is 23.1 Å². The Labute approximate surface area is 179 Å². The molecule has 2 aromatic carbocycles. The van der Waals surface area contributed by atoms with Gasteiger partial charge in [0.25, 0.3) is 0 Å². The van der Waals surface area contributed by atoms with Gasteiger partial charge in [0.05, 0.1) is 18.2 Å². The van der Waals surface area contributed by atoms with Crippen molar-refractivity contribution >= 4 is 12.0 Å². The average molecular weight is 488 g/mol. The summed E-state index contributed by atoms with van der Waals surface area (Å²) >= 11 is 0. The smallest absolute Gasteiger partial charge is 0.423 e. The third-order valence-electron chi connectivity index (χ3n) is 4.16. The van der Waals surface area contributed by atoms with Gasteiger partial charge in [-0.25, -0.2) is 4.79 Å². The summed E-state index contributed by atoms with van der Waals surface area (Å²) in [5.74, 6) is -2.73. The maximum absolute atomic E-state index is 13.2. The molecule has 0 heterocycles. The SMILES string of the molecule is COc1cc(C=C(C(=O)O)C(F)(F)F)ccc1OCc1ccc(C(F)(F)F)cc1C(F)(F)F. The van der Waals surface area contributed by atoms with E-state index in [9.17, 15) is 44.3 Å². The second-order valence-electron chi connectivity index (χ2n) is 6.43. The fourth-order valence-electron chi connectivity index (χ4n) is 2.62. The number of aliphatic carboxylic acids is 1. The molecule has 0 saturated heterocycles. The van der Waals surface area contributed by atoms with Crippen LogP contribution in [-0.4, -0.2) is 24.4 Å². The minimum Gasteiger partial charge on any atom is -0.493 e. The van der Waals surface area contributed by atoms with E-state index in [2.05, 4.69) is 0 Å². The lowest BCUT2D eigenvalue weighted by atomic mass is 10.0. The van der Waals surface area contributed by atoms with E-state index in [1.54, 1.807) is 0 Å². The molecule has 0 saturated carbocycles. The lowest BCUT2D eigenvalue weighted by Gasteiger charge is -2.17. The van der Waals surface area contributed by atoms with Crippen LogP contribution in [0.25, 0.3) is 6.08 Å². The number of hydrogen-bond acceptors (Lipinski definition) is 3. The lowest BCUT2D eigenvalue weighted by molar-refractivity contribution is -0.145. The van der Waals surface area contributed by atoms with Crippen molar-refractivity contribution in [2.45, 2.75) is 25.1 Å². The zero-order valence-electron chi connectivity index (χ0n) is 16.3. The molecule has 0 aliphatic carbocycles. The summed E-state index contributed by atoms with van der Waals surface area (Å²) in [6, 6.07) is 3.93. The van der Waals surface area contributed by atoms with Crippen LogP contribution in [0.15, 0.2) is 42.0 Å². The number of hydrogen-bond donors (Lipinski definition) is 1. The minimum atomic E-state index is -5.16. The summed E-state index contributed by atoms with van der Waals surface area (Å²) in [7, 11) is 1.07. The van der Waals surface area contributed by atoms with Crippen molar-refractivity contribution in [2.24, 2.45) is 0 Å². The van der Waals surface area contributed by atoms with E-state index in [4.69, 9.17) is 14.6 Å². The van der Waals surface area contributed by atoms with Crippen molar-refractivity contribution in [3.63, 3.8) is 0 Å². The predicted octanol–water partition coefficient (Wildman–Crippen LogP) is 6.34. The van der Waals surface area contributed by atoms with Crippen molar-refractivity contribution in [3.8, 4) is 11.5 Å². The second kappa shape index (κ2) is 9.24. The maximum atomic E-state index is 13.2. The van der Waals surface area contributed by atoms with Gasteiger partial charge in [-0.3, -0.25) is 0 Å². The van der Waals surface area contributed by atoms with E-state index in [1.807, 2.05) is 0 Å². The molecule has 180 valence electrons. The molecule has 0 unspecified atom stereocenters. The van der Waals surface area contributed by atoms with Crippen molar-refractivity contribution in [1.82, 2.24) is 0 Å². The Morgan fingerprint density at radius 3 is 2.03 bits per heavy atom. The third-order valence-corrected chi connectivity index (χ3v) is 4.16. The number of carboxylic acid groups (broad SMARTS) is 1. The summed E-state index contributed by atoms with van der Waals surface area (Å²) in [6.07, 6.45) is -15.0. The maximum Gasteiger partial charge on any atom is 0.423 e. The lowest BCUT2D eigenvalue weighted by Crippen LogP contribution is -2.19. The summed E-state index contributed by atoms with van der Waals surface area (Å²) in [5.41, 5.74) is -5.86. The van der Waals surface area contributed by atoms with Crippen LogP contribution in [0.3, 0.4) is 0 Å². The number of ether oxygens (including phenoxy) is 2.